The molecule has 1 aromatic carbocycles. The lowest BCUT2D eigenvalue weighted by Gasteiger charge is -2.34. The molecule has 1 saturated heterocycles. The fourth-order valence-electron chi connectivity index (χ4n) is 3.95. The molecule has 0 aliphatic carbocycles. The van der Waals surface area contributed by atoms with E-state index in [-0.39, 0.29) is 11.9 Å². The highest BCUT2D eigenvalue weighted by Gasteiger charge is 2.39. The van der Waals surface area contributed by atoms with E-state index in [0.717, 1.165) is 25.1 Å². The number of amides is 1. The summed E-state index contributed by atoms with van der Waals surface area (Å²) < 4.78 is 0. The first-order valence-electron chi connectivity index (χ1n) is 8.83. The molecule has 5 nitrogen and oxygen atoms in total. The molecule has 1 aromatic heterocycles. The van der Waals surface area contributed by atoms with Crippen LogP contribution in [0.4, 0.5) is 0 Å². The van der Waals surface area contributed by atoms with Gasteiger partial charge in [-0.25, -0.2) is 0 Å². The number of aromatic nitrogens is 1. The first kappa shape index (κ1) is 16.2. The molecule has 2 aromatic rings. The van der Waals surface area contributed by atoms with Gasteiger partial charge in [-0.3, -0.25) is 14.7 Å². The first-order chi connectivity index (χ1) is 12.1. The van der Waals surface area contributed by atoms with E-state index < -0.39 is 6.10 Å². The van der Waals surface area contributed by atoms with Crippen LogP contribution in [-0.2, 0) is 13.0 Å². The number of aryl methyl sites for hydroxylation is 1. The van der Waals surface area contributed by atoms with Crippen LogP contribution in [0.1, 0.15) is 27.2 Å². The molecule has 0 spiro atoms. The van der Waals surface area contributed by atoms with E-state index in [1.54, 1.807) is 11.1 Å². The molecule has 0 unspecified atom stereocenters. The molecule has 130 valence electrons. The standard InChI is InChI=1S/C20H23N3O2/c1-14-5-4-9-21-19(14)20(25)23-12-17(18(24)13-23)22-10-8-15-6-2-3-7-16(15)11-22/h2-7,9,17-18,24H,8,10-13H2,1H3/t17-,18-/m1/s1. The van der Waals surface area contributed by atoms with Crippen molar-refractivity contribution in [1.82, 2.24) is 14.8 Å². The lowest BCUT2D eigenvalue weighted by Crippen LogP contribution is -2.45. The maximum Gasteiger partial charge on any atom is 0.272 e. The average Bonchev–Trinajstić information content (AvgIpc) is 3.03. The normalized spacial score (nSPS) is 23.5. The van der Waals surface area contributed by atoms with Crippen molar-refractivity contribution in [1.29, 1.82) is 0 Å². The fraction of sp³-hybridized carbons (Fsp3) is 0.400. The number of carbonyl (C=O) groups excluding carboxylic acids is 1. The predicted octanol–water partition coefficient (Wildman–Crippen LogP) is 1.63. The summed E-state index contributed by atoms with van der Waals surface area (Å²) >= 11 is 0. The minimum Gasteiger partial charge on any atom is -0.390 e. The first-order valence-corrected chi connectivity index (χ1v) is 8.83. The molecule has 0 bridgehead atoms. The summed E-state index contributed by atoms with van der Waals surface area (Å²) in [7, 11) is 0. The number of rotatable bonds is 2. The SMILES string of the molecule is Cc1cccnc1C(=O)N1C[C@@H](O)[C@H](N2CCc3ccccc3C2)C1. The van der Waals surface area contributed by atoms with E-state index in [9.17, 15) is 9.90 Å². The van der Waals surface area contributed by atoms with Crippen molar-refractivity contribution in [2.45, 2.75) is 32.0 Å². The number of pyridine rings is 1. The Morgan fingerprint density at radius 1 is 1.16 bits per heavy atom. The van der Waals surface area contributed by atoms with Gasteiger partial charge in [-0.05, 0) is 36.1 Å². The van der Waals surface area contributed by atoms with Gasteiger partial charge in [0.15, 0.2) is 0 Å². The highest BCUT2D eigenvalue weighted by Crippen LogP contribution is 2.25. The topological polar surface area (TPSA) is 56.7 Å². The summed E-state index contributed by atoms with van der Waals surface area (Å²) in [5.74, 6) is -0.0861. The number of nitrogens with zero attached hydrogens (tertiary/aromatic N) is 3. The minimum atomic E-state index is -0.516. The monoisotopic (exact) mass is 337 g/mol. The molecular weight excluding hydrogens is 314 g/mol. The van der Waals surface area contributed by atoms with Crippen LogP contribution in [0, 0.1) is 6.92 Å². The molecule has 1 N–H and O–H groups in total. The van der Waals surface area contributed by atoms with Gasteiger partial charge in [-0.2, -0.15) is 0 Å². The highest BCUT2D eigenvalue weighted by atomic mass is 16.3. The third kappa shape index (κ3) is 3.05. The second-order valence-corrected chi connectivity index (χ2v) is 7.00. The Kier molecular flexibility index (Phi) is 4.27. The smallest absolute Gasteiger partial charge is 0.272 e. The van der Waals surface area contributed by atoms with E-state index in [1.165, 1.54) is 11.1 Å². The molecule has 3 heterocycles. The maximum atomic E-state index is 12.8. The van der Waals surface area contributed by atoms with Crippen LogP contribution < -0.4 is 0 Å². The van der Waals surface area contributed by atoms with Crippen molar-refractivity contribution in [3.8, 4) is 0 Å². The van der Waals surface area contributed by atoms with Crippen molar-refractivity contribution in [2.75, 3.05) is 19.6 Å². The van der Waals surface area contributed by atoms with E-state index in [1.807, 2.05) is 19.1 Å². The largest absolute Gasteiger partial charge is 0.390 e. The predicted molar refractivity (Wildman–Crippen MR) is 95.2 cm³/mol. The molecule has 0 saturated carbocycles. The van der Waals surface area contributed by atoms with Gasteiger partial charge >= 0.3 is 0 Å². The maximum absolute atomic E-state index is 12.8. The molecule has 2 atom stereocenters. The van der Waals surface area contributed by atoms with Crippen molar-refractivity contribution in [3.63, 3.8) is 0 Å². The number of hydrogen-bond donors (Lipinski definition) is 1. The van der Waals surface area contributed by atoms with Gasteiger partial charge in [-0.15, -0.1) is 0 Å². The Morgan fingerprint density at radius 3 is 2.76 bits per heavy atom. The molecular formula is C20H23N3O2. The third-order valence-electron chi connectivity index (χ3n) is 5.39. The number of aliphatic hydroxyl groups is 1. The number of aliphatic hydroxyl groups excluding tert-OH is 1. The number of carbonyl (C=O) groups is 1. The Morgan fingerprint density at radius 2 is 1.96 bits per heavy atom. The molecule has 2 aliphatic rings. The summed E-state index contributed by atoms with van der Waals surface area (Å²) in [6, 6.07) is 12.2. The van der Waals surface area contributed by atoms with Gasteiger partial charge in [0.25, 0.3) is 5.91 Å². The lowest BCUT2D eigenvalue weighted by molar-refractivity contribution is 0.0733. The lowest BCUT2D eigenvalue weighted by atomic mass is 9.98. The highest BCUT2D eigenvalue weighted by molar-refractivity contribution is 5.93. The summed E-state index contributed by atoms with van der Waals surface area (Å²) in [6.07, 6.45) is 2.12. The zero-order valence-corrected chi connectivity index (χ0v) is 14.4. The van der Waals surface area contributed by atoms with Crippen molar-refractivity contribution in [2.24, 2.45) is 0 Å². The van der Waals surface area contributed by atoms with Crippen molar-refractivity contribution >= 4 is 5.91 Å². The van der Waals surface area contributed by atoms with Crippen molar-refractivity contribution in [3.05, 3.63) is 65.0 Å². The number of benzene rings is 1. The summed E-state index contributed by atoms with van der Waals surface area (Å²) in [6.45, 7) is 4.58. The quantitative estimate of drug-likeness (QED) is 0.905. The van der Waals surface area contributed by atoms with E-state index in [0.29, 0.717) is 18.8 Å². The second-order valence-electron chi connectivity index (χ2n) is 7.00. The van der Waals surface area contributed by atoms with Crippen LogP contribution in [0.25, 0.3) is 0 Å². The van der Waals surface area contributed by atoms with Crippen LogP contribution in [0.15, 0.2) is 42.6 Å². The summed E-state index contributed by atoms with van der Waals surface area (Å²) in [4.78, 5) is 21.1. The van der Waals surface area contributed by atoms with Gasteiger partial charge < -0.3 is 10.0 Å². The van der Waals surface area contributed by atoms with Crippen LogP contribution in [-0.4, -0.2) is 57.6 Å². The van der Waals surface area contributed by atoms with Gasteiger partial charge in [0.05, 0.1) is 12.1 Å². The van der Waals surface area contributed by atoms with Gasteiger partial charge in [-0.1, -0.05) is 30.3 Å². The van der Waals surface area contributed by atoms with Crippen molar-refractivity contribution < 1.29 is 9.90 Å². The zero-order chi connectivity index (χ0) is 17.4. The Labute approximate surface area is 147 Å². The third-order valence-corrected chi connectivity index (χ3v) is 5.39. The van der Waals surface area contributed by atoms with E-state index in [4.69, 9.17) is 0 Å². The molecule has 4 rings (SSSR count). The van der Waals surface area contributed by atoms with Crippen LogP contribution in [0.5, 0.6) is 0 Å². The molecule has 5 heteroatoms. The zero-order valence-electron chi connectivity index (χ0n) is 14.4. The molecule has 0 radical (unpaired) electrons. The fourth-order valence-corrected chi connectivity index (χ4v) is 3.95. The number of hydrogen-bond acceptors (Lipinski definition) is 4. The van der Waals surface area contributed by atoms with Gasteiger partial charge in [0.2, 0.25) is 0 Å². The van der Waals surface area contributed by atoms with E-state index >= 15 is 0 Å². The minimum absolute atomic E-state index is 0.0127. The molecule has 2 aliphatic heterocycles. The Hall–Kier alpha value is -2.24. The summed E-state index contributed by atoms with van der Waals surface area (Å²) in [5, 5.41) is 10.6. The Bertz CT molecular complexity index is 792. The molecule has 25 heavy (non-hydrogen) atoms. The second kappa shape index (κ2) is 6.58. The average molecular weight is 337 g/mol. The molecule has 1 amide bonds. The molecule has 1 fully saturated rings. The van der Waals surface area contributed by atoms with Gasteiger partial charge in [0, 0.05) is 32.4 Å². The van der Waals surface area contributed by atoms with Crippen LogP contribution in [0.2, 0.25) is 0 Å². The number of likely N-dealkylation sites (tertiary alicyclic amines) is 1. The summed E-state index contributed by atoms with van der Waals surface area (Å²) in [5.41, 5.74) is 4.08. The van der Waals surface area contributed by atoms with Gasteiger partial charge in [0.1, 0.15) is 5.69 Å². The van der Waals surface area contributed by atoms with Crippen LogP contribution in [0.3, 0.4) is 0 Å². The Balaban J connectivity index is 1.49. The number of β-amino-alcohol motifs (C(OH)–C–C–N with tert-alkyl or cyclic N) is 1. The number of fused-ring (bicyclic) bond motifs is 1. The van der Waals surface area contributed by atoms with Crippen LogP contribution >= 0.6 is 0 Å². The van der Waals surface area contributed by atoms with E-state index in [2.05, 4.69) is 34.1 Å².